The second kappa shape index (κ2) is 5.72. The van der Waals surface area contributed by atoms with E-state index in [1.54, 1.807) is 0 Å². The highest BCUT2D eigenvalue weighted by atomic mass is 19.2. The van der Waals surface area contributed by atoms with Gasteiger partial charge < -0.3 is 9.80 Å². The molecule has 0 N–H and O–H groups in total. The van der Waals surface area contributed by atoms with Gasteiger partial charge in [-0.05, 0) is 57.5 Å². The van der Waals surface area contributed by atoms with E-state index in [9.17, 15) is 13.6 Å². The zero-order valence-electron chi connectivity index (χ0n) is 12.2. The normalized spacial score (nSPS) is 26.5. The van der Waals surface area contributed by atoms with Gasteiger partial charge in [-0.15, -0.1) is 0 Å². The molecule has 0 bridgehead atoms. The molecule has 21 heavy (non-hydrogen) atoms. The Morgan fingerprint density at radius 1 is 1.10 bits per heavy atom. The molecule has 2 fully saturated rings. The molecular weight excluding hydrogens is 274 g/mol. The third kappa shape index (κ3) is 2.67. The molecule has 1 aromatic carbocycles. The van der Waals surface area contributed by atoms with Gasteiger partial charge in [0.05, 0.1) is 0 Å². The number of benzene rings is 1. The smallest absolute Gasteiger partial charge is 0.254 e. The number of amides is 1. The fourth-order valence-electron chi connectivity index (χ4n) is 3.66. The van der Waals surface area contributed by atoms with Gasteiger partial charge in [-0.1, -0.05) is 0 Å². The second-order valence-corrected chi connectivity index (χ2v) is 6.03. The van der Waals surface area contributed by atoms with Crippen LogP contribution in [0.15, 0.2) is 18.2 Å². The number of rotatable bonds is 2. The third-order valence-electron chi connectivity index (χ3n) is 4.75. The maximum absolute atomic E-state index is 13.3. The molecule has 2 saturated heterocycles. The quantitative estimate of drug-likeness (QED) is 0.837. The minimum Gasteiger partial charge on any atom is -0.334 e. The maximum atomic E-state index is 13.3. The van der Waals surface area contributed by atoms with E-state index in [0.29, 0.717) is 12.6 Å². The summed E-state index contributed by atoms with van der Waals surface area (Å²) in [4.78, 5) is 16.8. The highest BCUT2D eigenvalue weighted by Crippen LogP contribution is 2.30. The molecule has 3 rings (SSSR count). The average Bonchev–Trinajstić information content (AvgIpc) is 3.09. The summed E-state index contributed by atoms with van der Waals surface area (Å²) in [6.07, 6.45) is 4.22. The zero-order valence-corrected chi connectivity index (χ0v) is 12.2. The number of likely N-dealkylation sites (tertiary alicyclic amines) is 2. The summed E-state index contributed by atoms with van der Waals surface area (Å²) in [6.45, 7) is 1.77. The molecule has 0 aromatic heterocycles. The summed E-state index contributed by atoms with van der Waals surface area (Å²) in [5, 5.41) is 0. The molecule has 1 aromatic rings. The Morgan fingerprint density at radius 3 is 2.48 bits per heavy atom. The largest absolute Gasteiger partial charge is 0.334 e. The van der Waals surface area contributed by atoms with Crippen molar-refractivity contribution in [1.82, 2.24) is 9.80 Å². The van der Waals surface area contributed by atoms with Crippen molar-refractivity contribution in [2.24, 2.45) is 0 Å². The van der Waals surface area contributed by atoms with Crippen molar-refractivity contribution >= 4 is 5.91 Å². The number of likely N-dealkylation sites (N-methyl/N-ethyl adjacent to an activating group) is 1. The summed E-state index contributed by atoms with van der Waals surface area (Å²) in [7, 11) is 2.09. The van der Waals surface area contributed by atoms with Gasteiger partial charge in [-0.25, -0.2) is 8.78 Å². The van der Waals surface area contributed by atoms with E-state index in [4.69, 9.17) is 0 Å². The summed E-state index contributed by atoms with van der Waals surface area (Å²) in [5.41, 5.74) is 0.237. The average molecular weight is 294 g/mol. The van der Waals surface area contributed by atoms with Crippen molar-refractivity contribution in [1.29, 1.82) is 0 Å². The summed E-state index contributed by atoms with van der Waals surface area (Å²) in [5.74, 6) is -2.06. The van der Waals surface area contributed by atoms with Crippen LogP contribution in [0.4, 0.5) is 8.78 Å². The SMILES string of the molecule is CN1CCC[C@@H]1[C@H]1CCCN1C(=O)c1ccc(F)c(F)c1. The Hall–Kier alpha value is -1.49. The number of nitrogens with zero attached hydrogens (tertiary/aromatic N) is 2. The first kappa shape index (κ1) is 14.4. The van der Waals surface area contributed by atoms with Gasteiger partial charge in [-0.3, -0.25) is 4.79 Å². The van der Waals surface area contributed by atoms with Gasteiger partial charge in [0.2, 0.25) is 0 Å². The molecule has 0 spiro atoms. The van der Waals surface area contributed by atoms with E-state index in [2.05, 4.69) is 11.9 Å². The van der Waals surface area contributed by atoms with E-state index in [1.165, 1.54) is 6.07 Å². The Balaban J connectivity index is 1.81. The number of halogens is 2. The van der Waals surface area contributed by atoms with Gasteiger partial charge in [0, 0.05) is 24.2 Å². The van der Waals surface area contributed by atoms with Crippen molar-refractivity contribution in [2.75, 3.05) is 20.1 Å². The monoisotopic (exact) mass is 294 g/mol. The molecule has 0 aliphatic carbocycles. The zero-order chi connectivity index (χ0) is 15.0. The lowest BCUT2D eigenvalue weighted by molar-refractivity contribution is 0.0664. The van der Waals surface area contributed by atoms with Crippen LogP contribution in [-0.2, 0) is 0 Å². The van der Waals surface area contributed by atoms with Gasteiger partial charge in [-0.2, -0.15) is 0 Å². The fourth-order valence-corrected chi connectivity index (χ4v) is 3.66. The van der Waals surface area contributed by atoms with E-state index >= 15 is 0 Å². The standard InChI is InChI=1S/C16H20F2N2O/c1-19-8-2-4-14(19)15-5-3-9-20(15)16(21)11-6-7-12(17)13(18)10-11/h6-7,10,14-15H,2-5,8-9H2,1H3/t14-,15-/m1/s1. The molecule has 5 heteroatoms. The van der Waals surface area contributed by atoms with Gasteiger partial charge in [0.15, 0.2) is 11.6 Å². The predicted molar refractivity (Wildman–Crippen MR) is 76.1 cm³/mol. The Kier molecular flexibility index (Phi) is 3.93. The van der Waals surface area contributed by atoms with Crippen LogP contribution in [0.1, 0.15) is 36.0 Å². The Bertz CT molecular complexity index is 549. The van der Waals surface area contributed by atoms with Crippen molar-refractivity contribution < 1.29 is 13.6 Å². The lowest BCUT2D eigenvalue weighted by Gasteiger charge is -2.33. The van der Waals surface area contributed by atoms with Crippen molar-refractivity contribution in [3.8, 4) is 0 Å². The molecule has 2 aliphatic rings. The highest BCUT2D eigenvalue weighted by molar-refractivity contribution is 5.94. The third-order valence-corrected chi connectivity index (χ3v) is 4.75. The van der Waals surface area contributed by atoms with Crippen molar-refractivity contribution in [3.63, 3.8) is 0 Å². The topological polar surface area (TPSA) is 23.6 Å². The van der Waals surface area contributed by atoms with Gasteiger partial charge in [0.25, 0.3) is 5.91 Å². The molecule has 0 radical (unpaired) electrons. The lowest BCUT2D eigenvalue weighted by atomic mass is 10.0. The number of hydrogen-bond donors (Lipinski definition) is 0. The first-order chi connectivity index (χ1) is 10.1. The molecule has 2 aliphatic heterocycles. The lowest BCUT2D eigenvalue weighted by Crippen LogP contribution is -2.47. The van der Waals surface area contributed by atoms with Crippen LogP contribution in [0.25, 0.3) is 0 Å². The fraction of sp³-hybridized carbons (Fsp3) is 0.562. The molecule has 2 atom stereocenters. The van der Waals surface area contributed by atoms with E-state index in [1.807, 2.05) is 4.90 Å². The van der Waals surface area contributed by atoms with Crippen LogP contribution < -0.4 is 0 Å². The van der Waals surface area contributed by atoms with E-state index in [-0.39, 0.29) is 17.5 Å². The molecular formula is C16H20F2N2O. The number of carbonyl (C=O) groups excluding carboxylic acids is 1. The maximum Gasteiger partial charge on any atom is 0.254 e. The van der Waals surface area contributed by atoms with Crippen molar-refractivity contribution in [2.45, 2.75) is 37.8 Å². The molecule has 3 nitrogen and oxygen atoms in total. The van der Waals surface area contributed by atoms with Crippen LogP contribution in [0.5, 0.6) is 0 Å². The van der Waals surface area contributed by atoms with Crippen LogP contribution in [-0.4, -0.2) is 47.9 Å². The molecule has 1 amide bonds. The van der Waals surface area contributed by atoms with E-state index < -0.39 is 11.6 Å². The minimum atomic E-state index is -0.963. The predicted octanol–water partition coefficient (Wildman–Crippen LogP) is 2.66. The summed E-state index contributed by atoms with van der Waals surface area (Å²) < 4.78 is 26.3. The highest BCUT2D eigenvalue weighted by Gasteiger charge is 2.38. The van der Waals surface area contributed by atoms with E-state index in [0.717, 1.165) is 44.4 Å². The number of carbonyl (C=O) groups is 1. The van der Waals surface area contributed by atoms with Crippen molar-refractivity contribution in [3.05, 3.63) is 35.4 Å². The van der Waals surface area contributed by atoms with Crippen LogP contribution in [0, 0.1) is 11.6 Å². The van der Waals surface area contributed by atoms with Crippen LogP contribution in [0.3, 0.4) is 0 Å². The molecule has 2 heterocycles. The summed E-state index contributed by atoms with van der Waals surface area (Å²) >= 11 is 0. The van der Waals surface area contributed by atoms with Gasteiger partial charge >= 0.3 is 0 Å². The Morgan fingerprint density at radius 2 is 1.81 bits per heavy atom. The first-order valence-electron chi connectivity index (χ1n) is 7.54. The molecule has 114 valence electrons. The second-order valence-electron chi connectivity index (χ2n) is 6.03. The Labute approximate surface area is 123 Å². The summed E-state index contributed by atoms with van der Waals surface area (Å²) in [6, 6.07) is 3.98. The van der Waals surface area contributed by atoms with Gasteiger partial charge in [0.1, 0.15) is 0 Å². The minimum absolute atomic E-state index is 0.184. The number of hydrogen-bond acceptors (Lipinski definition) is 2. The molecule has 0 saturated carbocycles. The first-order valence-corrected chi connectivity index (χ1v) is 7.54. The molecule has 0 unspecified atom stereocenters. The van der Waals surface area contributed by atoms with Crippen LogP contribution >= 0.6 is 0 Å². The van der Waals surface area contributed by atoms with Crippen LogP contribution in [0.2, 0.25) is 0 Å².